The summed E-state index contributed by atoms with van der Waals surface area (Å²) in [6.45, 7) is 2.91. The zero-order valence-electron chi connectivity index (χ0n) is 19.1. The second kappa shape index (κ2) is 9.63. The Morgan fingerprint density at radius 2 is 1.94 bits per heavy atom. The molecule has 1 aliphatic heterocycles. The molecule has 3 heterocycles. The smallest absolute Gasteiger partial charge is 0.349 e. The Hall–Kier alpha value is -3.11. The fraction of sp³-hybridized carbons (Fsp3) is 0.333. The van der Waals surface area contributed by atoms with Crippen molar-refractivity contribution in [3.05, 3.63) is 59.0 Å². The molecule has 0 radical (unpaired) electrons. The van der Waals surface area contributed by atoms with E-state index in [-0.39, 0.29) is 5.69 Å². The molecule has 0 amide bonds. The Morgan fingerprint density at radius 1 is 1.15 bits per heavy atom. The van der Waals surface area contributed by atoms with Gasteiger partial charge in [-0.05, 0) is 64.7 Å². The van der Waals surface area contributed by atoms with Gasteiger partial charge in [0.15, 0.2) is 0 Å². The number of halogens is 3. The quantitative estimate of drug-likeness (QED) is 0.452. The van der Waals surface area contributed by atoms with Crippen LogP contribution in [-0.2, 0) is 19.0 Å². The number of hydrogen-bond acceptors (Lipinski definition) is 6. The summed E-state index contributed by atoms with van der Waals surface area (Å²) in [5.41, 5.74) is 3.96. The van der Waals surface area contributed by atoms with Gasteiger partial charge in [0.05, 0.1) is 27.6 Å². The Labute approximate surface area is 201 Å². The lowest BCUT2D eigenvalue weighted by molar-refractivity contribution is -0.137. The van der Waals surface area contributed by atoms with Gasteiger partial charge in [-0.3, -0.25) is 4.98 Å². The number of alkyl halides is 3. The summed E-state index contributed by atoms with van der Waals surface area (Å²) in [5, 5.41) is 6.12. The van der Waals surface area contributed by atoms with Gasteiger partial charge in [-0.2, -0.15) is 13.2 Å². The van der Waals surface area contributed by atoms with Crippen molar-refractivity contribution in [3.63, 3.8) is 0 Å². The highest BCUT2D eigenvalue weighted by molar-refractivity contribution is 7.80. The van der Waals surface area contributed by atoms with E-state index in [0.717, 1.165) is 54.2 Å². The zero-order valence-corrected chi connectivity index (χ0v) is 19.9. The molecule has 4 rings (SSSR count). The van der Waals surface area contributed by atoms with Crippen molar-refractivity contribution in [3.8, 4) is 11.3 Å². The molecule has 6 nitrogen and oxygen atoms in total. The first-order valence-electron chi connectivity index (χ1n) is 10.9. The number of nitrogens with one attached hydrogen (secondary N) is 2. The second-order valence-corrected chi connectivity index (χ2v) is 9.01. The average Bonchev–Trinajstić information content (AvgIpc) is 2.89. The van der Waals surface area contributed by atoms with E-state index in [1.54, 1.807) is 6.20 Å². The molecule has 0 bridgehead atoms. The highest BCUT2D eigenvalue weighted by Crippen LogP contribution is 2.38. The number of benzene rings is 1. The molecule has 1 aliphatic rings. The van der Waals surface area contributed by atoms with Gasteiger partial charge in [0, 0.05) is 35.1 Å². The van der Waals surface area contributed by atoms with Gasteiger partial charge >= 0.3 is 6.18 Å². The minimum Gasteiger partial charge on any atom is -0.349 e. The molecule has 178 valence electrons. The van der Waals surface area contributed by atoms with Crippen LogP contribution in [0.3, 0.4) is 0 Å². The number of pyridine rings is 1. The predicted molar refractivity (Wildman–Crippen MR) is 132 cm³/mol. The predicted octanol–water partition coefficient (Wildman–Crippen LogP) is 5.40. The molecule has 0 aliphatic carbocycles. The number of fused-ring (bicyclic) bond motifs is 3. The van der Waals surface area contributed by atoms with Crippen molar-refractivity contribution < 1.29 is 13.2 Å². The van der Waals surface area contributed by atoms with Gasteiger partial charge in [-0.1, -0.05) is 18.3 Å². The maximum atomic E-state index is 13.2. The van der Waals surface area contributed by atoms with Gasteiger partial charge in [0.2, 0.25) is 5.95 Å². The molecule has 34 heavy (non-hydrogen) atoms. The first-order chi connectivity index (χ1) is 16.1. The highest BCUT2D eigenvalue weighted by atomic mass is 32.1. The molecule has 0 unspecified atom stereocenters. The van der Waals surface area contributed by atoms with E-state index in [0.29, 0.717) is 28.6 Å². The van der Waals surface area contributed by atoms with Crippen molar-refractivity contribution in [2.24, 2.45) is 0 Å². The van der Waals surface area contributed by atoms with Crippen LogP contribution in [0.4, 0.5) is 30.5 Å². The van der Waals surface area contributed by atoms with Crippen molar-refractivity contribution in [2.75, 3.05) is 31.3 Å². The second-order valence-electron chi connectivity index (χ2n) is 8.52. The largest absolute Gasteiger partial charge is 0.416 e. The Balaban J connectivity index is 1.61. The lowest BCUT2D eigenvalue weighted by Gasteiger charge is -2.14. The van der Waals surface area contributed by atoms with Gasteiger partial charge < -0.3 is 15.5 Å². The summed E-state index contributed by atoms with van der Waals surface area (Å²) >= 11 is 5.32. The Kier molecular flexibility index (Phi) is 6.81. The minimum atomic E-state index is -4.45. The monoisotopic (exact) mass is 486 g/mol. The lowest BCUT2D eigenvalue weighted by Crippen LogP contribution is -2.13. The van der Waals surface area contributed by atoms with E-state index in [1.807, 2.05) is 33.2 Å². The summed E-state index contributed by atoms with van der Waals surface area (Å²) in [6, 6.07) is 7.46. The van der Waals surface area contributed by atoms with E-state index in [2.05, 4.69) is 30.5 Å². The van der Waals surface area contributed by atoms with Gasteiger partial charge in [-0.25, -0.2) is 9.97 Å². The topological polar surface area (TPSA) is 66.0 Å². The molecule has 2 N–H and O–H groups in total. The van der Waals surface area contributed by atoms with E-state index in [9.17, 15) is 13.2 Å². The van der Waals surface area contributed by atoms with Crippen molar-refractivity contribution in [1.29, 1.82) is 0 Å². The summed E-state index contributed by atoms with van der Waals surface area (Å²) in [7, 11) is 4.09. The molecule has 0 saturated heterocycles. The normalized spacial score (nSPS) is 13.2. The summed E-state index contributed by atoms with van der Waals surface area (Å²) in [5.74, 6) is 0.336. The number of nitrogens with zero attached hydrogens (tertiary/aromatic N) is 4. The molecule has 10 heteroatoms. The van der Waals surface area contributed by atoms with E-state index in [1.165, 1.54) is 6.07 Å². The van der Waals surface area contributed by atoms with Crippen LogP contribution in [0.5, 0.6) is 0 Å². The Morgan fingerprint density at radius 3 is 2.65 bits per heavy atom. The third kappa shape index (κ3) is 5.51. The van der Waals surface area contributed by atoms with Crippen LogP contribution >= 0.6 is 12.2 Å². The molecule has 3 aromatic rings. The van der Waals surface area contributed by atoms with Crippen LogP contribution in [0.25, 0.3) is 11.3 Å². The average molecular weight is 487 g/mol. The van der Waals surface area contributed by atoms with Crippen LogP contribution < -0.4 is 10.6 Å². The molecule has 0 fully saturated rings. The number of aromatic nitrogens is 3. The standard InChI is InChI=1S/C24H25F3N6S/c1-14-19(9-7-17(29-14)5-4-10-33(2)3)31-23-28-13-15-11-21(34)30-20-12-16(24(25,26)27)6-8-18(20)22(15)32-23/h6-9,12-13H,4-5,10-11H2,1-3H3,(H,30,34)(H,28,31,32). The van der Waals surface area contributed by atoms with Crippen LogP contribution in [0, 0.1) is 6.92 Å². The van der Waals surface area contributed by atoms with Crippen LogP contribution in [0.2, 0.25) is 0 Å². The third-order valence-electron chi connectivity index (χ3n) is 5.52. The fourth-order valence-corrected chi connectivity index (χ4v) is 4.07. The highest BCUT2D eigenvalue weighted by Gasteiger charge is 2.32. The van der Waals surface area contributed by atoms with Crippen molar-refractivity contribution in [1.82, 2.24) is 19.9 Å². The minimum absolute atomic E-state index is 0.281. The SMILES string of the molecule is Cc1nc(CCCN(C)C)ccc1Nc1ncc2c(n1)-c1ccc(C(F)(F)F)cc1NC(=S)C2. The van der Waals surface area contributed by atoms with Crippen LogP contribution in [-0.4, -0.2) is 45.5 Å². The third-order valence-corrected chi connectivity index (χ3v) is 5.77. The first-order valence-corrected chi connectivity index (χ1v) is 11.3. The molecular weight excluding hydrogens is 461 g/mol. The molecule has 0 atom stereocenters. The molecule has 1 aromatic carbocycles. The molecule has 2 aromatic heterocycles. The Bertz CT molecular complexity index is 1230. The number of anilines is 3. The van der Waals surface area contributed by atoms with E-state index >= 15 is 0 Å². The molecule has 0 saturated carbocycles. The maximum absolute atomic E-state index is 13.2. The van der Waals surface area contributed by atoms with E-state index < -0.39 is 11.7 Å². The summed E-state index contributed by atoms with van der Waals surface area (Å²) in [6.07, 6.45) is -0.550. The number of aryl methyl sites for hydroxylation is 2. The summed E-state index contributed by atoms with van der Waals surface area (Å²) in [4.78, 5) is 16.3. The van der Waals surface area contributed by atoms with Gasteiger partial charge in [0.25, 0.3) is 0 Å². The molecule has 0 spiro atoms. The number of hydrogen-bond donors (Lipinski definition) is 2. The lowest BCUT2D eigenvalue weighted by atomic mass is 10.0. The zero-order chi connectivity index (χ0) is 24.5. The molecular formula is C24H25F3N6S. The fourth-order valence-electron chi connectivity index (χ4n) is 3.81. The van der Waals surface area contributed by atoms with Crippen molar-refractivity contribution in [2.45, 2.75) is 32.4 Å². The van der Waals surface area contributed by atoms with Crippen molar-refractivity contribution >= 4 is 34.5 Å². The van der Waals surface area contributed by atoms with E-state index in [4.69, 9.17) is 12.2 Å². The number of rotatable bonds is 6. The summed E-state index contributed by atoms with van der Waals surface area (Å²) < 4.78 is 39.7. The van der Waals surface area contributed by atoms with Crippen LogP contribution in [0.1, 0.15) is 28.9 Å². The number of thiocarbonyl (C=S) groups is 1. The van der Waals surface area contributed by atoms with Crippen LogP contribution in [0.15, 0.2) is 36.5 Å². The van der Waals surface area contributed by atoms with Gasteiger partial charge in [0.1, 0.15) is 0 Å². The first kappa shape index (κ1) is 24.0. The van der Waals surface area contributed by atoms with Gasteiger partial charge in [-0.15, -0.1) is 0 Å². The maximum Gasteiger partial charge on any atom is 0.416 e.